The topological polar surface area (TPSA) is 69.6 Å². The molecule has 5 nitrogen and oxygen atoms in total. The monoisotopic (exact) mass is 256 g/mol. The lowest BCUT2D eigenvalue weighted by atomic mass is 10.0. The third-order valence-corrected chi connectivity index (χ3v) is 4.28. The van der Waals surface area contributed by atoms with Crippen molar-refractivity contribution in [2.45, 2.75) is 33.2 Å². The molecule has 1 aliphatic carbocycles. The van der Waals surface area contributed by atoms with E-state index in [9.17, 15) is 9.59 Å². The second-order valence-corrected chi connectivity index (χ2v) is 6.54. The number of hydrogen-bond donors (Lipinski definition) is 2. The summed E-state index contributed by atoms with van der Waals surface area (Å²) < 4.78 is 0. The molecule has 104 valence electrons. The highest BCUT2D eigenvalue weighted by Crippen LogP contribution is 2.58. The SMILES string of the molecule is CN(C)C(C)(C)CNC(=O)C1C(C(=O)O)C1(C)C. The smallest absolute Gasteiger partial charge is 0.307 e. The number of rotatable bonds is 5. The molecule has 1 amide bonds. The molecule has 1 fully saturated rings. The molecule has 0 saturated heterocycles. The minimum Gasteiger partial charge on any atom is -0.481 e. The van der Waals surface area contributed by atoms with Crippen molar-refractivity contribution in [2.75, 3.05) is 20.6 Å². The molecule has 0 spiro atoms. The van der Waals surface area contributed by atoms with Crippen LogP contribution in [-0.2, 0) is 9.59 Å². The Hall–Kier alpha value is -1.10. The van der Waals surface area contributed by atoms with Crippen LogP contribution in [0.5, 0.6) is 0 Å². The molecule has 0 aromatic heterocycles. The summed E-state index contributed by atoms with van der Waals surface area (Å²) in [5.74, 6) is -2.00. The third kappa shape index (κ3) is 2.66. The average Bonchev–Trinajstić information content (AvgIpc) is 2.78. The maximum absolute atomic E-state index is 12.0. The van der Waals surface area contributed by atoms with Gasteiger partial charge in [-0.25, -0.2) is 0 Å². The number of nitrogens with zero attached hydrogens (tertiary/aromatic N) is 1. The molecule has 1 saturated carbocycles. The fourth-order valence-corrected chi connectivity index (χ4v) is 2.16. The third-order valence-electron chi connectivity index (χ3n) is 4.28. The van der Waals surface area contributed by atoms with Crippen LogP contribution >= 0.6 is 0 Å². The number of carboxylic acid groups (broad SMARTS) is 1. The van der Waals surface area contributed by atoms with E-state index in [0.29, 0.717) is 6.54 Å². The van der Waals surface area contributed by atoms with Gasteiger partial charge in [0, 0.05) is 12.1 Å². The summed E-state index contributed by atoms with van der Waals surface area (Å²) in [6.45, 7) is 8.22. The molecule has 5 heteroatoms. The number of carbonyl (C=O) groups excluding carboxylic acids is 1. The van der Waals surface area contributed by atoms with Crippen molar-refractivity contribution < 1.29 is 14.7 Å². The summed E-state index contributed by atoms with van der Waals surface area (Å²) >= 11 is 0. The highest BCUT2D eigenvalue weighted by atomic mass is 16.4. The molecule has 0 aromatic carbocycles. The van der Waals surface area contributed by atoms with E-state index < -0.39 is 23.2 Å². The molecule has 0 aliphatic heterocycles. The van der Waals surface area contributed by atoms with E-state index >= 15 is 0 Å². The van der Waals surface area contributed by atoms with Gasteiger partial charge in [0.15, 0.2) is 0 Å². The van der Waals surface area contributed by atoms with E-state index in [-0.39, 0.29) is 11.4 Å². The fraction of sp³-hybridized carbons (Fsp3) is 0.846. The number of hydrogen-bond acceptors (Lipinski definition) is 3. The zero-order chi connectivity index (χ0) is 14.3. The quantitative estimate of drug-likeness (QED) is 0.763. The van der Waals surface area contributed by atoms with Crippen LogP contribution in [0.15, 0.2) is 0 Å². The number of carbonyl (C=O) groups is 2. The van der Waals surface area contributed by atoms with Crippen LogP contribution in [0.4, 0.5) is 0 Å². The summed E-state index contributed by atoms with van der Waals surface area (Å²) in [5.41, 5.74) is -0.578. The fourth-order valence-electron chi connectivity index (χ4n) is 2.16. The van der Waals surface area contributed by atoms with Gasteiger partial charge in [0.2, 0.25) is 5.91 Å². The van der Waals surface area contributed by atoms with Gasteiger partial charge >= 0.3 is 5.97 Å². The van der Waals surface area contributed by atoms with Crippen molar-refractivity contribution in [1.82, 2.24) is 10.2 Å². The van der Waals surface area contributed by atoms with Crippen LogP contribution in [-0.4, -0.2) is 48.1 Å². The van der Waals surface area contributed by atoms with Gasteiger partial charge in [0.25, 0.3) is 0 Å². The van der Waals surface area contributed by atoms with E-state index in [2.05, 4.69) is 5.32 Å². The van der Waals surface area contributed by atoms with Gasteiger partial charge in [-0.15, -0.1) is 0 Å². The van der Waals surface area contributed by atoms with E-state index in [0.717, 1.165) is 0 Å². The summed E-state index contributed by atoms with van der Waals surface area (Å²) in [4.78, 5) is 25.1. The zero-order valence-corrected chi connectivity index (χ0v) is 12.1. The van der Waals surface area contributed by atoms with Gasteiger partial charge in [0.1, 0.15) is 0 Å². The van der Waals surface area contributed by atoms with Crippen molar-refractivity contribution in [3.8, 4) is 0 Å². The van der Waals surface area contributed by atoms with Crippen LogP contribution in [0.3, 0.4) is 0 Å². The number of aliphatic carboxylic acids is 1. The highest BCUT2D eigenvalue weighted by Gasteiger charge is 2.65. The van der Waals surface area contributed by atoms with Crippen molar-refractivity contribution in [1.29, 1.82) is 0 Å². The Bertz CT molecular complexity index is 361. The van der Waals surface area contributed by atoms with Crippen LogP contribution < -0.4 is 5.32 Å². The van der Waals surface area contributed by atoms with Crippen LogP contribution in [0, 0.1) is 17.3 Å². The molecule has 0 heterocycles. The van der Waals surface area contributed by atoms with Gasteiger partial charge in [-0.2, -0.15) is 0 Å². The van der Waals surface area contributed by atoms with Crippen LogP contribution in [0.25, 0.3) is 0 Å². The predicted molar refractivity (Wildman–Crippen MR) is 69.2 cm³/mol. The molecule has 2 N–H and O–H groups in total. The Morgan fingerprint density at radius 3 is 2.11 bits per heavy atom. The summed E-state index contributed by atoms with van der Waals surface area (Å²) in [6.07, 6.45) is 0. The molecule has 18 heavy (non-hydrogen) atoms. The normalized spacial score (nSPS) is 25.9. The Morgan fingerprint density at radius 2 is 1.78 bits per heavy atom. The van der Waals surface area contributed by atoms with Gasteiger partial charge in [0.05, 0.1) is 11.8 Å². The maximum Gasteiger partial charge on any atom is 0.307 e. The second kappa shape index (κ2) is 4.53. The second-order valence-electron chi connectivity index (χ2n) is 6.54. The molecule has 1 aliphatic rings. The molecule has 2 unspecified atom stereocenters. The van der Waals surface area contributed by atoms with Crippen LogP contribution in [0.2, 0.25) is 0 Å². The zero-order valence-electron chi connectivity index (χ0n) is 12.1. The Balaban J connectivity index is 2.57. The van der Waals surface area contributed by atoms with E-state index in [1.165, 1.54) is 0 Å². The van der Waals surface area contributed by atoms with Crippen molar-refractivity contribution >= 4 is 11.9 Å². The first kappa shape index (κ1) is 15.0. The van der Waals surface area contributed by atoms with E-state index in [4.69, 9.17) is 5.11 Å². The summed E-state index contributed by atoms with van der Waals surface area (Å²) in [7, 11) is 3.90. The number of carboxylic acids is 1. The molecule has 0 bridgehead atoms. The number of nitrogens with one attached hydrogen (secondary N) is 1. The first-order valence-corrected chi connectivity index (χ1v) is 6.20. The lowest BCUT2D eigenvalue weighted by Gasteiger charge is -2.32. The first-order chi connectivity index (χ1) is 8.01. The highest BCUT2D eigenvalue weighted by molar-refractivity contribution is 5.91. The molecule has 0 aromatic rings. The lowest BCUT2D eigenvalue weighted by molar-refractivity contribution is -0.140. The van der Waals surface area contributed by atoms with Crippen molar-refractivity contribution in [3.05, 3.63) is 0 Å². The first-order valence-electron chi connectivity index (χ1n) is 6.20. The minimum absolute atomic E-state index is 0.145. The Kier molecular flexibility index (Phi) is 3.77. The van der Waals surface area contributed by atoms with Crippen molar-refractivity contribution in [3.63, 3.8) is 0 Å². The predicted octanol–water partition coefficient (Wildman–Crippen LogP) is 0.800. The van der Waals surface area contributed by atoms with E-state index in [1.807, 2.05) is 46.7 Å². The molecular formula is C13H24N2O3. The summed E-state index contributed by atoms with van der Waals surface area (Å²) in [6, 6.07) is 0. The number of likely N-dealkylation sites (N-methyl/N-ethyl adjacent to an activating group) is 1. The largest absolute Gasteiger partial charge is 0.481 e. The molecule has 0 radical (unpaired) electrons. The van der Waals surface area contributed by atoms with Crippen LogP contribution in [0.1, 0.15) is 27.7 Å². The van der Waals surface area contributed by atoms with Gasteiger partial charge < -0.3 is 15.3 Å². The maximum atomic E-state index is 12.0. The van der Waals surface area contributed by atoms with Crippen molar-refractivity contribution in [2.24, 2.45) is 17.3 Å². The lowest BCUT2D eigenvalue weighted by Crippen LogP contribution is -2.48. The summed E-state index contributed by atoms with van der Waals surface area (Å²) in [5, 5.41) is 11.9. The minimum atomic E-state index is -0.882. The van der Waals surface area contributed by atoms with Gasteiger partial charge in [-0.3, -0.25) is 9.59 Å². The molecule has 1 rings (SSSR count). The number of amides is 1. The molecular weight excluding hydrogens is 232 g/mol. The molecule has 2 atom stereocenters. The Labute approximate surface area is 109 Å². The Morgan fingerprint density at radius 1 is 1.28 bits per heavy atom. The standard InChI is InChI=1S/C13H24N2O3/c1-12(2,15(5)6)7-14-10(16)8-9(11(17)18)13(8,3)4/h8-9H,7H2,1-6H3,(H,14,16)(H,17,18). The van der Waals surface area contributed by atoms with E-state index in [1.54, 1.807) is 0 Å². The average molecular weight is 256 g/mol. The van der Waals surface area contributed by atoms with Gasteiger partial charge in [-0.05, 0) is 33.4 Å². The van der Waals surface area contributed by atoms with Gasteiger partial charge in [-0.1, -0.05) is 13.8 Å².